The third-order valence-corrected chi connectivity index (χ3v) is 4.17. The van der Waals surface area contributed by atoms with Crippen molar-refractivity contribution in [1.29, 1.82) is 0 Å². The second-order valence-electron chi connectivity index (χ2n) is 4.28. The summed E-state index contributed by atoms with van der Waals surface area (Å²) in [4.78, 5) is 0. The van der Waals surface area contributed by atoms with E-state index in [9.17, 15) is 8.42 Å². The summed E-state index contributed by atoms with van der Waals surface area (Å²) in [5.74, 6) is 1.30. The van der Waals surface area contributed by atoms with E-state index in [-0.39, 0.29) is 11.7 Å². The van der Waals surface area contributed by atoms with Crippen LogP contribution < -0.4 is 4.72 Å². The van der Waals surface area contributed by atoms with Crippen LogP contribution in [0.15, 0.2) is 0 Å². The minimum atomic E-state index is -3.10. The van der Waals surface area contributed by atoms with Crippen molar-refractivity contribution in [2.24, 2.45) is 11.8 Å². The van der Waals surface area contributed by atoms with Gasteiger partial charge in [-0.25, -0.2) is 13.1 Å². The van der Waals surface area contributed by atoms with Gasteiger partial charge in [-0.1, -0.05) is 27.2 Å². The first kappa shape index (κ1) is 15.2. The molecule has 5 heteroatoms. The lowest BCUT2D eigenvalue weighted by molar-refractivity contribution is 0.479. The Morgan fingerprint density at radius 2 is 1.93 bits per heavy atom. The minimum Gasteiger partial charge on any atom is -0.215 e. The van der Waals surface area contributed by atoms with Crippen LogP contribution >= 0.6 is 11.6 Å². The Labute approximate surface area is 98.6 Å². The third kappa shape index (κ3) is 8.05. The van der Waals surface area contributed by atoms with Gasteiger partial charge in [-0.15, -0.1) is 11.6 Å². The van der Waals surface area contributed by atoms with Crippen LogP contribution in [0.25, 0.3) is 0 Å². The number of rotatable bonds is 8. The fourth-order valence-electron chi connectivity index (χ4n) is 1.35. The molecule has 0 spiro atoms. The smallest absolute Gasteiger partial charge is 0.211 e. The second kappa shape index (κ2) is 7.47. The molecule has 0 aromatic heterocycles. The highest BCUT2D eigenvalue weighted by molar-refractivity contribution is 7.89. The first-order chi connectivity index (χ1) is 6.91. The Kier molecular flexibility index (Phi) is 7.57. The summed E-state index contributed by atoms with van der Waals surface area (Å²) in [6, 6.07) is 0. The van der Waals surface area contributed by atoms with Gasteiger partial charge in [0, 0.05) is 12.4 Å². The van der Waals surface area contributed by atoms with Crippen LogP contribution in [-0.4, -0.2) is 26.6 Å². The van der Waals surface area contributed by atoms with Crippen molar-refractivity contribution in [2.75, 3.05) is 18.2 Å². The number of nitrogens with one attached hydrogen (secondary N) is 1. The van der Waals surface area contributed by atoms with Crippen molar-refractivity contribution in [3.05, 3.63) is 0 Å². The highest BCUT2D eigenvalue weighted by atomic mass is 35.5. The molecule has 15 heavy (non-hydrogen) atoms. The van der Waals surface area contributed by atoms with Gasteiger partial charge in [-0.3, -0.25) is 0 Å². The first-order valence-electron chi connectivity index (χ1n) is 5.44. The van der Waals surface area contributed by atoms with E-state index in [1.165, 1.54) is 0 Å². The number of sulfonamides is 1. The lowest BCUT2D eigenvalue weighted by Gasteiger charge is -2.15. The molecule has 92 valence electrons. The van der Waals surface area contributed by atoms with E-state index in [2.05, 4.69) is 4.72 Å². The van der Waals surface area contributed by atoms with Gasteiger partial charge < -0.3 is 0 Å². The van der Waals surface area contributed by atoms with E-state index < -0.39 is 10.0 Å². The monoisotopic (exact) mass is 255 g/mol. The summed E-state index contributed by atoms with van der Waals surface area (Å²) in [7, 11) is -3.10. The molecule has 0 saturated heterocycles. The predicted octanol–water partition coefficient (Wildman–Crippen LogP) is 2.22. The van der Waals surface area contributed by atoms with Crippen molar-refractivity contribution in [3.63, 3.8) is 0 Å². The average Bonchev–Trinajstić information content (AvgIpc) is 2.10. The van der Waals surface area contributed by atoms with Crippen molar-refractivity contribution in [2.45, 2.75) is 33.6 Å². The molecular weight excluding hydrogens is 234 g/mol. The molecule has 0 aromatic carbocycles. The van der Waals surface area contributed by atoms with E-state index in [4.69, 9.17) is 11.6 Å². The average molecular weight is 256 g/mol. The van der Waals surface area contributed by atoms with Crippen LogP contribution in [0.1, 0.15) is 33.6 Å². The van der Waals surface area contributed by atoms with Gasteiger partial charge in [-0.2, -0.15) is 0 Å². The summed E-state index contributed by atoms with van der Waals surface area (Å²) >= 11 is 5.63. The summed E-state index contributed by atoms with van der Waals surface area (Å²) in [6.07, 6.45) is 1.82. The van der Waals surface area contributed by atoms with Gasteiger partial charge in [0.05, 0.1) is 5.75 Å². The molecular formula is C10H22ClNO2S. The van der Waals surface area contributed by atoms with Crippen LogP contribution in [-0.2, 0) is 10.0 Å². The van der Waals surface area contributed by atoms with Gasteiger partial charge >= 0.3 is 0 Å². The zero-order valence-corrected chi connectivity index (χ0v) is 11.4. The quantitative estimate of drug-likeness (QED) is 0.676. The molecule has 0 saturated carbocycles. The Balaban J connectivity index is 4.01. The van der Waals surface area contributed by atoms with E-state index in [0.29, 0.717) is 18.3 Å². The summed E-state index contributed by atoms with van der Waals surface area (Å²) < 4.78 is 25.7. The Morgan fingerprint density at radius 1 is 1.33 bits per heavy atom. The SMILES string of the molecule is CCC(CCCl)CNS(=O)(=O)CC(C)C. The topological polar surface area (TPSA) is 46.2 Å². The highest BCUT2D eigenvalue weighted by Gasteiger charge is 2.14. The Hall–Kier alpha value is 0.200. The number of hydrogen-bond donors (Lipinski definition) is 1. The van der Waals surface area contributed by atoms with Crippen molar-refractivity contribution < 1.29 is 8.42 Å². The van der Waals surface area contributed by atoms with Gasteiger partial charge in [0.15, 0.2) is 0 Å². The second-order valence-corrected chi connectivity index (χ2v) is 6.51. The van der Waals surface area contributed by atoms with Crippen LogP contribution in [0.2, 0.25) is 0 Å². The molecule has 0 heterocycles. The normalized spacial score (nSPS) is 14.5. The summed E-state index contributed by atoms with van der Waals surface area (Å²) in [5, 5.41) is 0. The van der Waals surface area contributed by atoms with Gasteiger partial charge in [0.2, 0.25) is 10.0 Å². The Morgan fingerprint density at radius 3 is 2.33 bits per heavy atom. The predicted molar refractivity (Wildman–Crippen MR) is 65.7 cm³/mol. The zero-order valence-electron chi connectivity index (χ0n) is 9.79. The van der Waals surface area contributed by atoms with E-state index >= 15 is 0 Å². The molecule has 0 rings (SSSR count). The fourth-order valence-corrected chi connectivity index (χ4v) is 3.14. The molecule has 3 nitrogen and oxygen atoms in total. The molecule has 1 atom stereocenters. The number of hydrogen-bond acceptors (Lipinski definition) is 2. The summed E-state index contributed by atoms with van der Waals surface area (Å²) in [5.41, 5.74) is 0. The third-order valence-electron chi connectivity index (χ3n) is 2.24. The minimum absolute atomic E-state index is 0.163. The molecule has 1 N–H and O–H groups in total. The van der Waals surface area contributed by atoms with E-state index in [1.54, 1.807) is 0 Å². The van der Waals surface area contributed by atoms with E-state index in [0.717, 1.165) is 12.8 Å². The van der Waals surface area contributed by atoms with Gasteiger partial charge in [0.25, 0.3) is 0 Å². The van der Waals surface area contributed by atoms with Crippen LogP contribution in [0.3, 0.4) is 0 Å². The molecule has 0 bridgehead atoms. The molecule has 0 aliphatic heterocycles. The van der Waals surface area contributed by atoms with Crippen molar-refractivity contribution in [3.8, 4) is 0 Å². The van der Waals surface area contributed by atoms with Gasteiger partial charge in [-0.05, 0) is 18.3 Å². The van der Waals surface area contributed by atoms with Gasteiger partial charge in [0.1, 0.15) is 0 Å². The molecule has 1 unspecified atom stereocenters. The fraction of sp³-hybridized carbons (Fsp3) is 1.00. The number of halogens is 1. The molecule has 0 fully saturated rings. The maximum atomic E-state index is 11.5. The van der Waals surface area contributed by atoms with Crippen LogP contribution in [0, 0.1) is 11.8 Å². The van der Waals surface area contributed by atoms with Crippen LogP contribution in [0.4, 0.5) is 0 Å². The first-order valence-corrected chi connectivity index (χ1v) is 7.63. The highest BCUT2D eigenvalue weighted by Crippen LogP contribution is 2.08. The lowest BCUT2D eigenvalue weighted by atomic mass is 10.0. The molecule has 0 amide bonds. The zero-order chi connectivity index (χ0) is 11.9. The molecule has 0 aliphatic carbocycles. The largest absolute Gasteiger partial charge is 0.215 e. The molecule has 0 radical (unpaired) electrons. The molecule has 0 aliphatic rings. The van der Waals surface area contributed by atoms with Crippen LogP contribution in [0.5, 0.6) is 0 Å². The number of alkyl halides is 1. The standard InChI is InChI=1S/C10H22ClNO2S/c1-4-10(5-6-11)7-12-15(13,14)8-9(2)3/h9-10,12H,4-8H2,1-3H3. The van der Waals surface area contributed by atoms with E-state index in [1.807, 2.05) is 20.8 Å². The Bertz CT molecular complexity index is 252. The maximum Gasteiger partial charge on any atom is 0.211 e. The lowest BCUT2D eigenvalue weighted by Crippen LogP contribution is -2.32. The van der Waals surface area contributed by atoms with Crippen molar-refractivity contribution >= 4 is 21.6 Å². The summed E-state index contributed by atoms with van der Waals surface area (Å²) in [6.45, 7) is 6.36. The van der Waals surface area contributed by atoms with Crippen molar-refractivity contribution in [1.82, 2.24) is 4.72 Å². The maximum absolute atomic E-state index is 11.5. The molecule has 0 aromatic rings.